The molecule has 1 atom stereocenters. The summed E-state index contributed by atoms with van der Waals surface area (Å²) in [7, 11) is 7.66. The highest BCUT2D eigenvalue weighted by Gasteiger charge is 2.29. The smallest absolute Gasteiger partial charge is 0.225 e. The summed E-state index contributed by atoms with van der Waals surface area (Å²) in [6, 6.07) is 8.42. The number of aromatic nitrogens is 4. The zero-order valence-electron chi connectivity index (χ0n) is 19.2. The predicted octanol–water partition coefficient (Wildman–Crippen LogP) is 3.99. The van der Waals surface area contributed by atoms with Gasteiger partial charge in [0.2, 0.25) is 5.95 Å². The molecule has 2 aromatic heterocycles. The Bertz CT molecular complexity index is 1030. The average molecular weight is 421 g/mol. The Morgan fingerprint density at radius 3 is 2.58 bits per heavy atom. The Morgan fingerprint density at radius 1 is 1.16 bits per heavy atom. The number of ether oxygens (including phenoxy) is 1. The number of benzene rings is 1. The number of hydrogen-bond acceptors (Lipinski definition) is 6. The quantitative estimate of drug-likeness (QED) is 0.601. The number of methoxy groups -OCH3 is 1. The molecule has 3 aromatic rings. The molecule has 0 unspecified atom stereocenters. The van der Waals surface area contributed by atoms with Crippen LogP contribution in [0.3, 0.4) is 0 Å². The summed E-state index contributed by atoms with van der Waals surface area (Å²) in [6.07, 6.45) is 7.61. The van der Waals surface area contributed by atoms with Crippen molar-refractivity contribution in [1.82, 2.24) is 24.6 Å². The van der Waals surface area contributed by atoms with Crippen LogP contribution in [0.1, 0.15) is 42.3 Å². The first-order chi connectivity index (χ1) is 15.0. The van der Waals surface area contributed by atoms with Gasteiger partial charge in [0.15, 0.2) is 0 Å². The summed E-state index contributed by atoms with van der Waals surface area (Å²) >= 11 is 0. The zero-order valence-corrected chi connectivity index (χ0v) is 19.2. The first-order valence-electron chi connectivity index (χ1n) is 10.9. The molecule has 7 nitrogen and oxygen atoms in total. The number of rotatable bonds is 6. The summed E-state index contributed by atoms with van der Waals surface area (Å²) in [4.78, 5) is 14.2. The van der Waals surface area contributed by atoms with Crippen molar-refractivity contribution in [1.29, 1.82) is 0 Å². The van der Waals surface area contributed by atoms with Crippen LogP contribution in [-0.4, -0.2) is 52.4 Å². The van der Waals surface area contributed by atoms with Gasteiger partial charge in [0.1, 0.15) is 5.75 Å². The van der Waals surface area contributed by atoms with Gasteiger partial charge in [-0.15, -0.1) is 0 Å². The Kier molecular flexibility index (Phi) is 6.23. The van der Waals surface area contributed by atoms with Crippen LogP contribution in [0, 0.1) is 6.92 Å². The van der Waals surface area contributed by atoms with Crippen LogP contribution in [0.15, 0.2) is 36.7 Å². The zero-order chi connectivity index (χ0) is 22.0. The molecule has 0 radical (unpaired) electrons. The largest absolute Gasteiger partial charge is 0.497 e. The van der Waals surface area contributed by atoms with E-state index in [1.807, 2.05) is 49.1 Å². The van der Waals surface area contributed by atoms with E-state index in [-0.39, 0.29) is 6.04 Å². The normalized spacial score (nSPS) is 17.0. The predicted molar refractivity (Wildman–Crippen MR) is 123 cm³/mol. The number of nitrogens with zero attached hydrogens (tertiary/aromatic N) is 6. The van der Waals surface area contributed by atoms with E-state index in [0.29, 0.717) is 0 Å². The molecule has 3 heterocycles. The molecule has 0 spiro atoms. The maximum absolute atomic E-state index is 5.34. The molecule has 0 aliphatic carbocycles. The van der Waals surface area contributed by atoms with Crippen molar-refractivity contribution < 1.29 is 4.74 Å². The van der Waals surface area contributed by atoms with E-state index in [9.17, 15) is 0 Å². The molecule has 1 aliphatic heterocycles. The van der Waals surface area contributed by atoms with Crippen molar-refractivity contribution in [3.63, 3.8) is 0 Å². The summed E-state index contributed by atoms with van der Waals surface area (Å²) in [5, 5.41) is 4.54. The monoisotopic (exact) mass is 420 g/mol. The van der Waals surface area contributed by atoms with E-state index in [2.05, 4.69) is 40.2 Å². The molecular formula is C24H32N6O. The van der Waals surface area contributed by atoms with Crippen molar-refractivity contribution in [2.75, 3.05) is 32.6 Å². The van der Waals surface area contributed by atoms with E-state index < -0.39 is 0 Å². The lowest BCUT2D eigenvalue weighted by atomic mass is 9.93. The van der Waals surface area contributed by atoms with Gasteiger partial charge in [-0.1, -0.05) is 18.6 Å². The van der Waals surface area contributed by atoms with Crippen LogP contribution in [0.25, 0.3) is 11.1 Å². The second-order valence-corrected chi connectivity index (χ2v) is 8.49. The Balaban J connectivity index is 1.74. The average Bonchev–Trinajstić information content (AvgIpc) is 3.10. The second-order valence-electron chi connectivity index (χ2n) is 8.49. The molecule has 0 saturated carbocycles. The lowest BCUT2D eigenvalue weighted by Gasteiger charge is -2.36. The van der Waals surface area contributed by atoms with Gasteiger partial charge in [0, 0.05) is 51.2 Å². The van der Waals surface area contributed by atoms with Crippen molar-refractivity contribution in [2.24, 2.45) is 7.05 Å². The fourth-order valence-electron chi connectivity index (χ4n) is 4.36. The Labute approximate surface area is 184 Å². The van der Waals surface area contributed by atoms with E-state index in [4.69, 9.17) is 9.72 Å². The molecule has 1 aromatic carbocycles. The second kappa shape index (κ2) is 9.06. The fraction of sp³-hybridized carbons (Fsp3) is 0.458. The third-order valence-corrected chi connectivity index (χ3v) is 6.02. The third-order valence-electron chi connectivity index (χ3n) is 6.02. The third kappa shape index (κ3) is 4.56. The Hall–Kier alpha value is -2.93. The van der Waals surface area contributed by atoms with Gasteiger partial charge in [0.05, 0.1) is 24.5 Å². The van der Waals surface area contributed by atoms with Gasteiger partial charge in [-0.2, -0.15) is 5.10 Å². The molecule has 1 aliphatic rings. The minimum absolute atomic E-state index is 0.243. The highest BCUT2D eigenvalue weighted by atomic mass is 16.5. The van der Waals surface area contributed by atoms with E-state index in [1.165, 1.54) is 18.4 Å². The van der Waals surface area contributed by atoms with Crippen molar-refractivity contribution in [3.05, 3.63) is 53.6 Å². The first-order valence-corrected chi connectivity index (χ1v) is 10.9. The standard InChI is InChI=1S/C24H32N6O/c1-17-19(15-29(4)27-17)16-30-13-7-6-8-22(30)23-21(14-25-24(26-23)28(2)3)18-9-11-20(31-5)12-10-18/h9-12,14-15,22H,6-8,13,16H2,1-5H3/t22-/m0/s1. The molecule has 1 saturated heterocycles. The Morgan fingerprint density at radius 2 is 1.94 bits per heavy atom. The van der Waals surface area contributed by atoms with E-state index in [0.717, 1.165) is 53.7 Å². The molecule has 4 rings (SSSR count). The van der Waals surface area contributed by atoms with Gasteiger partial charge < -0.3 is 9.64 Å². The number of aryl methyl sites for hydroxylation is 2. The molecule has 0 amide bonds. The van der Waals surface area contributed by atoms with E-state index >= 15 is 0 Å². The molecule has 0 N–H and O–H groups in total. The van der Waals surface area contributed by atoms with Crippen LogP contribution in [-0.2, 0) is 13.6 Å². The van der Waals surface area contributed by atoms with Gasteiger partial charge in [0.25, 0.3) is 0 Å². The van der Waals surface area contributed by atoms with Crippen LogP contribution in [0.5, 0.6) is 5.75 Å². The van der Waals surface area contributed by atoms with Crippen LogP contribution >= 0.6 is 0 Å². The van der Waals surface area contributed by atoms with Crippen molar-refractivity contribution in [2.45, 2.75) is 38.8 Å². The number of piperidine rings is 1. The summed E-state index contributed by atoms with van der Waals surface area (Å²) in [5.41, 5.74) is 5.68. The maximum Gasteiger partial charge on any atom is 0.225 e. The van der Waals surface area contributed by atoms with Gasteiger partial charge in [-0.25, -0.2) is 9.97 Å². The van der Waals surface area contributed by atoms with Crippen molar-refractivity contribution >= 4 is 5.95 Å². The minimum atomic E-state index is 0.243. The molecule has 7 heteroatoms. The molecule has 164 valence electrons. The number of hydrogen-bond donors (Lipinski definition) is 0. The highest BCUT2D eigenvalue weighted by Crippen LogP contribution is 2.37. The number of likely N-dealkylation sites (tertiary alicyclic amines) is 1. The lowest BCUT2D eigenvalue weighted by Crippen LogP contribution is -2.34. The van der Waals surface area contributed by atoms with Crippen LogP contribution in [0.4, 0.5) is 5.95 Å². The van der Waals surface area contributed by atoms with Crippen LogP contribution in [0.2, 0.25) is 0 Å². The lowest BCUT2D eigenvalue weighted by molar-refractivity contribution is 0.137. The molecule has 1 fully saturated rings. The highest BCUT2D eigenvalue weighted by molar-refractivity contribution is 5.67. The molecule has 0 bridgehead atoms. The summed E-state index contributed by atoms with van der Waals surface area (Å²) < 4.78 is 7.25. The van der Waals surface area contributed by atoms with Gasteiger partial charge in [-0.3, -0.25) is 9.58 Å². The van der Waals surface area contributed by atoms with Crippen LogP contribution < -0.4 is 9.64 Å². The summed E-state index contributed by atoms with van der Waals surface area (Å²) in [5.74, 6) is 1.60. The topological polar surface area (TPSA) is 59.3 Å². The first kappa shape index (κ1) is 21.3. The number of anilines is 1. The minimum Gasteiger partial charge on any atom is -0.497 e. The van der Waals surface area contributed by atoms with Crippen molar-refractivity contribution in [3.8, 4) is 16.9 Å². The van der Waals surface area contributed by atoms with E-state index in [1.54, 1.807) is 7.11 Å². The molecule has 31 heavy (non-hydrogen) atoms. The SMILES string of the molecule is COc1ccc(-c2cnc(N(C)C)nc2[C@@H]2CCCCN2Cc2cn(C)nc2C)cc1. The summed E-state index contributed by atoms with van der Waals surface area (Å²) in [6.45, 7) is 4.03. The van der Waals surface area contributed by atoms with Gasteiger partial charge in [-0.05, 0) is 44.0 Å². The maximum atomic E-state index is 5.34. The fourth-order valence-corrected chi connectivity index (χ4v) is 4.36. The van der Waals surface area contributed by atoms with Gasteiger partial charge >= 0.3 is 0 Å². The molecular weight excluding hydrogens is 388 g/mol.